The van der Waals surface area contributed by atoms with Crippen molar-refractivity contribution >= 4 is 33.8 Å². The summed E-state index contributed by atoms with van der Waals surface area (Å²) in [4.78, 5) is 30.2. The van der Waals surface area contributed by atoms with E-state index < -0.39 is 12.1 Å². The molecule has 0 aliphatic rings. The molecule has 0 aliphatic heterocycles. The summed E-state index contributed by atoms with van der Waals surface area (Å²) in [7, 11) is 0. The summed E-state index contributed by atoms with van der Waals surface area (Å²) in [5.41, 5.74) is 10.4. The van der Waals surface area contributed by atoms with Crippen LogP contribution in [0, 0.1) is 6.42 Å². The first kappa shape index (κ1) is 26.8. The van der Waals surface area contributed by atoms with Crippen molar-refractivity contribution in [3.05, 3.63) is 120 Å². The van der Waals surface area contributed by atoms with E-state index in [1.54, 1.807) is 12.1 Å². The molecule has 0 fully saturated rings. The van der Waals surface area contributed by atoms with E-state index in [0.717, 1.165) is 38.5 Å². The van der Waals surface area contributed by atoms with E-state index in [9.17, 15) is 9.59 Å². The van der Waals surface area contributed by atoms with Crippen LogP contribution in [-0.4, -0.2) is 36.7 Å². The van der Waals surface area contributed by atoms with Gasteiger partial charge < -0.3 is 30.3 Å². The number of ether oxygens (including phenoxy) is 1. The van der Waals surface area contributed by atoms with Gasteiger partial charge in [-0.1, -0.05) is 48.5 Å². The standard InChI is InChI=1S/C32H30N7O3/c1-20(40)36-29(16-23-18-35-28-9-5-3-7-26(23)28)31-38-37-30(15-12-22-17-34-27-8-4-2-6-25(22)27)39(31)19-21-10-13-24(14-11-21)42-32(33)41/h2-11,13-15,17-18,29,34-35H,12,16,19H2,1H3,(H2,33,41)(H,36,40)/t29-/m1/s1. The molecule has 1 radical (unpaired) electrons. The van der Waals surface area contributed by atoms with Crippen LogP contribution in [0.2, 0.25) is 0 Å². The van der Waals surface area contributed by atoms with E-state index in [1.807, 2.05) is 71.9 Å². The van der Waals surface area contributed by atoms with Gasteiger partial charge in [-0.3, -0.25) is 4.79 Å². The van der Waals surface area contributed by atoms with Gasteiger partial charge in [0.2, 0.25) is 5.91 Å². The first-order valence-corrected chi connectivity index (χ1v) is 13.6. The monoisotopic (exact) mass is 560 g/mol. The fourth-order valence-corrected chi connectivity index (χ4v) is 5.33. The van der Waals surface area contributed by atoms with E-state index in [4.69, 9.17) is 10.5 Å². The third-order valence-corrected chi connectivity index (χ3v) is 7.26. The highest BCUT2D eigenvalue weighted by molar-refractivity contribution is 5.84. The third-order valence-electron chi connectivity index (χ3n) is 7.26. The second-order valence-electron chi connectivity index (χ2n) is 10.2. The Bertz CT molecular complexity index is 1870. The first-order chi connectivity index (χ1) is 20.4. The average molecular weight is 561 g/mol. The zero-order valence-electron chi connectivity index (χ0n) is 23.0. The van der Waals surface area contributed by atoms with E-state index in [-0.39, 0.29) is 5.91 Å². The summed E-state index contributed by atoms with van der Waals surface area (Å²) in [6.45, 7) is 1.94. The lowest BCUT2D eigenvalue weighted by Gasteiger charge is -2.19. The van der Waals surface area contributed by atoms with E-state index in [1.165, 1.54) is 6.92 Å². The number of H-pyrrole nitrogens is 2. The van der Waals surface area contributed by atoms with Crippen molar-refractivity contribution in [2.75, 3.05) is 0 Å². The predicted octanol–water partition coefficient (Wildman–Crippen LogP) is 4.96. The topological polar surface area (TPSA) is 144 Å². The van der Waals surface area contributed by atoms with Gasteiger partial charge in [-0.25, -0.2) is 4.79 Å². The van der Waals surface area contributed by atoms with Crippen molar-refractivity contribution in [1.29, 1.82) is 0 Å². The molecule has 10 heteroatoms. The number of aromatic nitrogens is 5. The summed E-state index contributed by atoms with van der Waals surface area (Å²) < 4.78 is 7.01. The largest absolute Gasteiger partial charge is 0.411 e. The Labute approximate surface area is 241 Å². The number of rotatable bonds is 10. The van der Waals surface area contributed by atoms with Gasteiger partial charge in [0.1, 0.15) is 11.6 Å². The van der Waals surface area contributed by atoms with Crippen molar-refractivity contribution in [2.24, 2.45) is 5.73 Å². The molecule has 6 aromatic rings. The number of carbonyl (C=O) groups excluding carboxylic acids is 2. The number of nitrogens with one attached hydrogen (secondary N) is 3. The average Bonchev–Trinajstić information content (AvgIpc) is 3.69. The van der Waals surface area contributed by atoms with Crippen LogP contribution in [0.3, 0.4) is 0 Å². The summed E-state index contributed by atoms with van der Waals surface area (Å²) in [6, 6.07) is 22.9. The molecule has 0 aliphatic carbocycles. The molecule has 2 amide bonds. The minimum absolute atomic E-state index is 0.160. The van der Waals surface area contributed by atoms with Crippen molar-refractivity contribution < 1.29 is 14.3 Å². The van der Waals surface area contributed by atoms with E-state index in [0.29, 0.717) is 36.8 Å². The highest BCUT2D eigenvalue weighted by Gasteiger charge is 2.24. The highest BCUT2D eigenvalue weighted by Crippen LogP contribution is 2.27. The molecule has 3 aromatic carbocycles. The molecule has 0 saturated carbocycles. The first-order valence-electron chi connectivity index (χ1n) is 13.6. The van der Waals surface area contributed by atoms with Gasteiger partial charge in [0.15, 0.2) is 5.82 Å². The lowest BCUT2D eigenvalue weighted by Crippen LogP contribution is -2.30. The van der Waals surface area contributed by atoms with Crippen molar-refractivity contribution in [3.8, 4) is 5.75 Å². The molecular weight excluding hydrogens is 530 g/mol. The Balaban J connectivity index is 1.35. The molecule has 0 bridgehead atoms. The fraction of sp³-hybridized carbons (Fsp3) is 0.156. The van der Waals surface area contributed by atoms with Crippen LogP contribution < -0.4 is 15.8 Å². The van der Waals surface area contributed by atoms with Gasteiger partial charge in [-0.2, -0.15) is 0 Å². The minimum Gasteiger partial charge on any atom is -0.411 e. The number of hydrogen-bond donors (Lipinski definition) is 4. The van der Waals surface area contributed by atoms with Crippen LogP contribution in [-0.2, 0) is 24.2 Å². The molecule has 1 atom stereocenters. The number of fused-ring (bicyclic) bond motifs is 2. The third kappa shape index (κ3) is 5.73. The molecule has 5 N–H and O–H groups in total. The summed E-state index contributed by atoms with van der Waals surface area (Å²) in [5.74, 6) is 1.52. The Kier molecular flexibility index (Phi) is 7.42. The Hall–Kier alpha value is -5.38. The van der Waals surface area contributed by atoms with Crippen molar-refractivity contribution in [1.82, 2.24) is 30.0 Å². The maximum absolute atomic E-state index is 12.4. The van der Waals surface area contributed by atoms with Crippen LogP contribution in [0.25, 0.3) is 21.8 Å². The fourth-order valence-electron chi connectivity index (χ4n) is 5.33. The predicted molar refractivity (Wildman–Crippen MR) is 160 cm³/mol. The number of para-hydroxylation sites is 2. The minimum atomic E-state index is -0.867. The van der Waals surface area contributed by atoms with Gasteiger partial charge in [-0.05, 0) is 47.4 Å². The summed E-state index contributed by atoms with van der Waals surface area (Å²) in [6.07, 6.45) is 6.33. The number of carbonyl (C=O) groups is 2. The quantitative estimate of drug-likeness (QED) is 0.187. The van der Waals surface area contributed by atoms with Gasteiger partial charge >= 0.3 is 6.09 Å². The maximum atomic E-state index is 12.4. The molecule has 42 heavy (non-hydrogen) atoms. The highest BCUT2D eigenvalue weighted by atomic mass is 16.5. The Morgan fingerprint density at radius 3 is 2.24 bits per heavy atom. The number of hydrogen-bond acceptors (Lipinski definition) is 5. The molecule has 0 spiro atoms. The summed E-state index contributed by atoms with van der Waals surface area (Å²) >= 11 is 0. The molecule has 6 rings (SSSR count). The maximum Gasteiger partial charge on any atom is 0.409 e. The summed E-state index contributed by atoms with van der Waals surface area (Å²) in [5, 5.41) is 14.5. The van der Waals surface area contributed by atoms with E-state index >= 15 is 0 Å². The van der Waals surface area contributed by atoms with Gasteiger partial charge in [0, 0.05) is 54.0 Å². The molecule has 3 heterocycles. The van der Waals surface area contributed by atoms with Gasteiger partial charge in [-0.15, -0.1) is 10.2 Å². The van der Waals surface area contributed by atoms with Crippen LogP contribution in [0.15, 0.2) is 85.2 Å². The second-order valence-corrected chi connectivity index (χ2v) is 10.2. The smallest absolute Gasteiger partial charge is 0.409 e. The lowest BCUT2D eigenvalue weighted by atomic mass is 10.0. The van der Waals surface area contributed by atoms with Crippen LogP contribution >= 0.6 is 0 Å². The molecule has 211 valence electrons. The molecule has 10 nitrogen and oxygen atoms in total. The Morgan fingerprint density at radius 1 is 0.929 bits per heavy atom. The molecular formula is C32H30N7O3. The van der Waals surface area contributed by atoms with Crippen LogP contribution in [0.4, 0.5) is 4.79 Å². The number of benzene rings is 3. The van der Waals surface area contributed by atoms with Crippen molar-refractivity contribution in [3.63, 3.8) is 0 Å². The van der Waals surface area contributed by atoms with E-state index in [2.05, 4.69) is 37.6 Å². The number of aromatic amines is 2. The van der Waals surface area contributed by atoms with Crippen LogP contribution in [0.1, 0.15) is 41.3 Å². The second kappa shape index (κ2) is 11.6. The lowest BCUT2D eigenvalue weighted by molar-refractivity contribution is -0.119. The van der Waals surface area contributed by atoms with Gasteiger partial charge in [0.25, 0.3) is 0 Å². The van der Waals surface area contributed by atoms with Crippen molar-refractivity contribution in [2.45, 2.75) is 32.4 Å². The molecule has 3 aromatic heterocycles. The SMILES string of the molecule is CC(=O)N[C@H](Cc1c[nH]c2ccccc12)c1nnc([CH]Cc2c[nH]c3ccccc23)n1Cc1ccc(OC(N)=O)cc1. The normalized spacial score (nSPS) is 12.0. The number of nitrogens with zero attached hydrogens (tertiary/aromatic N) is 3. The van der Waals surface area contributed by atoms with Gasteiger partial charge in [0.05, 0.1) is 12.6 Å². The zero-order chi connectivity index (χ0) is 29.1. The molecule has 0 unspecified atom stereocenters. The zero-order valence-corrected chi connectivity index (χ0v) is 23.0. The van der Waals surface area contributed by atoms with Crippen LogP contribution in [0.5, 0.6) is 5.75 Å². The number of nitrogens with two attached hydrogens (primary N) is 1. The number of amides is 2. The molecule has 0 saturated heterocycles. The number of primary amides is 1. The Morgan fingerprint density at radius 2 is 1.57 bits per heavy atom.